The van der Waals surface area contributed by atoms with Crippen molar-refractivity contribution in [2.45, 2.75) is 26.2 Å². The second kappa shape index (κ2) is 9.73. The lowest BCUT2D eigenvalue weighted by atomic mass is 9.99. The van der Waals surface area contributed by atoms with E-state index in [2.05, 4.69) is 34.5 Å². The molecule has 0 aliphatic carbocycles. The minimum absolute atomic E-state index is 0.536. The summed E-state index contributed by atoms with van der Waals surface area (Å²) in [6.07, 6.45) is 5.29. The summed E-state index contributed by atoms with van der Waals surface area (Å²) in [5, 5.41) is 7.25. The van der Waals surface area contributed by atoms with Gasteiger partial charge in [0.15, 0.2) is 5.96 Å². The number of hydrogen-bond acceptors (Lipinski definition) is 3. The van der Waals surface area contributed by atoms with Gasteiger partial charge in [-0.2, -0.15) is 0 Å². The van der Waals surface area contributed by atoms with Crippen molar-refractivity contribution in [1.29, 1.82) is 0 Å². The number of nitrogens with one attached hydrogen (secondary N) is 2. The van der Waals surface area contributed by atoms with E-state index in [1.807, 2.05) is 18.3 Å². The zero-order chi connectivity index (χ0) is 16.5. The van der Waals surface area contributed by atoms with Crippen LogP contribution in [0.1, 0.15) is 25.3 Å². The fraction of sp³-hybridized carbons (Fsp3) is 0.647. The quantitative estimate of drug-likeness (QED) is 0.474. The van der Waals surface area contributed by atoms with Gasteiger partial charge in [-0.25, -0.2) is 4.98 Å². The molecule has 0 aromatic carbocycles. The van der Waals surface area contributed by atoms with E-state index in [0.29, 0.717) is 11.1 Å². The van der Waals surface area contributed by atoms with E-state index in [1.165, 1.54) is 24.9 Å². The van der Waals surface area contributed by atoms with Crippen molar-refractivity contribution in [1.82, 2.24) is 20.5 Å². The monoisotopic (exact) mass is 337 g/mol. The molecule has 2 N–H and O–H groups in total. The summed E-state index contributed by atoms with van der Waals surface area (Å²) in [4.78, 5) is 11.3. The first-order valence-electron chi connectivity index (χ1n) is 8.48. The summed E-state index contributed by atoms with van der Waals surface area (Å²) < 4.78 is 0. The molecule has 0 radical (unpaired) electrons. The normalized spacial score (nSPS) is 19.6. The first-order chi connectivity index (χ1) is 11.2. The minimum atomic E-state index is 0.536. The van der Waals surface area contributed by atoms with Crippen LogP contribution in [0.3, 0.4) is 0 Å². The van der Waals surface area contributed by atoms with Crippen molar-refractivity contribution in [3.8, 4) is 0 Å². The number of halogens is 1. The van der Waals surface area contributed by atoms with Crippen molar-refractivity contribution in [2.75, 3.05) is 39.8 Å². The highest BCUT2D eigenvalue weighted by atomic mass is 35.5. The van der Waals surface area contributed by atoms with E-state index in [1.54, 1.807) is 0 Å². The Bertz CT molecular complexity index is 488. The number of aliphatic imine (C=N–C) groups is 1. The van der Waals surface area contributed by atoms with Gasteiger partial charge < -0.3 is 15.5 Å². The van der Waals surface area contributed by atoms with Gasteiger partial charge in [0.1, 0.15) is 5.15 Å². The lowest BCUT2D eigenvalue weighted by molar-refractivity contribution is 0.214. The molecule has 2 rings (SSSR count). The molecular formula is C17H28ClN5. The fourth-order valence-electron chi connectivity index (χ4n) is 2.86. The molecule has 1 aromatic heterocycles. The third-order valence-corrected chi connectivity index (χ3v) is 4.29. The lowest BCUT2D eigenvalue weighted by Gasteiger charge is -2.28. The molecule has 5 nitrogen and oxygen atoms in total. The molecule has 0 bridgehead atoms. The molecule has 1 aliphatic rings. The van der Waals surface area contributed by atoms with Crippen molar-refractivity contribution in [3.63, 3.8) is 0 Å². The summed E-state index contributed by atoms with van der Waals surface area (Å²) in [5.41, 5.74) is 1.17. The Kier molecular flexibility index (Phi) is 7.62. The minimum Gasteiger partial charge on any atom is -0.357 e. The molecular weight excluding hydrogens is 310 g/mol. The molecule has 23 heavy (non-hydrogen) atoms. The zero-order valence-electron chi connectivity index (χ0n) is 14.2. The van der Waals surface area contributed by atoms with Crippen LogP contribution in [-0.2, 0) is 6.42 Å². The van der Waals surface area contributed by atoms with Crippen LogP contribution in [-0.4, -0.2) is 55.6 Å². The van der Waals surface area contributed by atoms with Gasteiger partial charge >= 0.3 is 0 Å². The van der Waals surface area contributed by atoms with E-state index >= 15 is 0 Å². The number of likely N-dealkylation sites (tertiary alicyclic amines) is 1. The second-order valence-electron chi connectivity index (χ2n) is 6.16. The average molecular weight is 338 g/mol. The Morgan fingerprint density at radius 2 is 2.30 bits per heavy atom. The predicted octanol–water partition coefficient (Wildman–Crippen LogP) is 2.17. The number of aromatic nitrogens is 1. The van der Waals surface area contributed by atoms with E-state index in [-0.39, 0.29) is 0 Å². The van der Waals surface area contributed by atoms with E-state index in [4.69, 9.17) is 16.6 Å². The van der Waals surface area contributed by atoms with Crippen LogP contribution < -0.4 is 10.6 Å². The number of nitrogens with zero attached hydrogens (tertiary/aromatic N) is 3. The molecule has 0 amide bonds. The molecule has 1 saturated heterocycles. The van der Waals surface area contributed by atoms with Crippen molar-refractivity contribution < 1.29 is 0 Å². The highest BCUT2D eigenvalue weighted by Crippen LogP contribution is 2.15. The maximum Gasteiger partial charge on any atom is 0.191 e. The first kappa shape index (κ1) is 18.0. The molecule has 1 atom stereocenters. The first-order valence-corrected chi connectivity index (χ1v) is 8.86. The summed E-state index contributed by atoms with van der Waals surface area (Å²) in [6, 6.07) is 3.84. The molecule has 1 aliphatic heterocycles. The number of rotatable bonds is 6. The largest absolute Gasteiger partial charge is 0.357 e. The lowest BCUT2D eigenvalue weighted by Crippen LogP contribution is -2.39. The molecule has 1 unspecified atom stereocenters. The summed E-state index contributed by atoms with van der Waals surface area (Å²) >= 11 is 5.80. The third-order valence-electron chi connectivity index (χ3n) is 4.07. The number of pyridine rings is 1. The van der Waals surface area contributed by atoms with Crippen molar-refractivity contribution in [3.05, 3.63) is 29.0 Å². The van der Waals surface area contributed by atoms with Gasteiger partial charge in [-0.3, -0.25) is 4.99 Å². The summed E-state index contributed by atoms with van der Waals surface area (Å²) in [6.45, 7) is 7.06. The Morgan fingerprint density at radius 3 is 3.00 bits per heavy atom. The van der Waals surface area contributed by atoms with Crippen LogP contribution in [0.4, 0.5) is 0 Å². The number of guanidine groups is 1. The van der Waals surface area contributed by atoms with Crippen molar-refractivity contribution in [2.24, 2.45) is 10.9 Å². The Balaban J connectivity index is 1.78. The Morgan fingerprint density at radius 1 is 1.43 bits per heavy atom. The highest BCUT2D eigenvalue weighted by molar-refractivity contribution is 6.29. The van der Waals surface area contributed by atoms with Gasteiger partial charge in [-0.1, -0.05) is 17.7 Å². The smallest absolute Gasteiger partial charge is 0.191 e. The van der Waals surface area contributed by atoms with Crippen LogP contribution >= 0.6 is 11.6 Å². The van der Waals surface area contributed by atoms with E-state index in [0.717, 1.165) is 38.6 Å². The molecule has 128 valence electrons. The summed E-state index contributed by atoms with van der Waals surface area (Å²) in [5.74, 6) is 1.58. The van der Waals surface area contributed by atoms with Crippen LogP contribution in [0.2, 0.25) is 5.15 Å². The molecule has 6 heteroatoms. The Labute approximate surface area is 144 Å². The van der Waals surface area contributed by atoms with Gasteiger partial charge in [-0.15, -0.1) is 0 Å². The maximum absolute atomic E-state index is 5.80. The van der Waals surface area contributed by atoms with Crippen LogP contribution in [0, 0.1) is 5.92 Å². The zero-order valence-corrected chi connectivity index (χ0v) is 14.9. The van der Waals surface area contributed by atoms with Crippen LogP contribution in [0.15, 0.2) is 23.3 Å². The topological polar surface area (TPSA) is 52.6 Å². The van der Waals surface area contributed by atoms with Crippen molar-refractivity contribution >= 4 is 17.6 Å². The van der Waals surface area contributed by atoms with Crippen LogP contribution in [0.5, 0.6) is 0 Å². The highest BCUT2D eigenvalue weighted by Gasteiger charge is 2.16. The standard InChI is InChI=1S/C17H28ClN5/c1-3-19-17(22-12-15-5-4-10-23(2)13-15)20-9-8-14-6-7-16(18)21-11-14/h6-7,11,15H,3-5,8-10,12-13H2,1-2H3,(H2,19,20,22). The maximum atomic E-state index is 5.80. The van der Waals surface area contributed by atoms with Crippen LogP contribution in [0.25, 0.3) is 0 Å². The molecule has 2 heterocycles. The van der Waals surface area contributed by atoms with Gasteiger partial charge in [0.25, 0.3) is 0 Å². The fourth-order valence-corrected chi connectivity index (χ4v) is 2.98. The Hall–Kier alpha value is -1.33. The molecule has 1 aromatic rings. The van der Waals surface area contributed by atoms with E-state index < -0.39 is 0 Å². The number of piperidine rings is 1. The van der Waals surface area contributed by atoms with Gasteiger partial charge in [0.05, 0.1) is 0 Å². The third kappa shape index (κ3) is 6.75. The predicted molar refractivity (Wildman–Crippen MR) is 97.2 cm³/mol. The SMILES string of the molecule is CCNC(=NCC1CCCN(C)C1)NCCc1ccc(Cl)nc1. The molecule has 0 saturated carbocycles. The molecule has 0 spiro atoms. The van der Waals surface area contributed by atoms with Gasteiger partial charge in [-0.05, 0) is 57.3 Å². The van der Waals surface area contributed by atoms with E-state index in [9.17, 15) is 0 Å². The number of hydrogen-bond donors (Lipinski definition) is 2. The average Bonchev–Trinajstić information content (AvgIpc) is 2.54. The molecule has 1 fully saturated rings. The second-order valence-corrected chi connectivity index (χ2v) is 6.54. The van der Waals surface area contributed by atoms with Gasteiger partial charge in [0, 0.05) is 32.4 Å². The van der Waals surface area contributed by atoms with Gasteiger partial charge in [0.2, 0.25) is 0 Å². The summed E-state index contributed by atoms with van der Waals surface area (Å²) in [7, 11) is 2.19.